The normalized spacial score (nSPS) is 8.80. The van der Waals surface area contributed by atoms with Gasteiger partial charge in [0.25, 0.3) is 0 Å². The molecule has 0 amide bonds. The number of rotatable bonds is 8. The highest BCUT2D eigenvalue weighted by atomic mass is 16.4. The Labute approximate surface area is 123 Å². The third-order valence-electron chi connectivity index (χ3n) is 1.89. The van der Waals surface area contributed by atoms with Crippen LogP contribution in [-0.2, 0) is 9.59 Å². The zero-order chi connectivity index (χ0) is 16.2. The lowest BCUT2D eigenvalue weighted by molar-refractivity contribution is -0.159. The van der Waals surface area contributed by atoms with E-state index in [-0.39, 0.29) is 0 Å². The molecule has 4 N–H and O–H groups in total. The van der Waals surface area contributed by atoms with Crippen molar-refractivity contribution in [3.8, 4) is 0 Å². The van der Waals surface area contributed by atoms with Gasteiger partial charge < -0.3 is 20.8 Å². The number of carboxylic acids is 2. The first-order valence-corrected chi connectivity index (χ1v) is 7.35. The van der Waals surface area contributed by atoms with E-state index in [0.717, 1.165) is 0 Å². The first-order valence-electron chi connectivity index (χ1n) is 7.35. The van der Waals surface area contributed by atoms with Crippen molar-refractivity contribution >= 4 is 11.9 Å². The maximum atomic E-state index is 9.10. The number of carbonyl (C=O) groups is 2. The molecule has 0 saturated carbocycles. The summed E-state index contributed by atoms with van der Waals surface area (Å²) in [7, 11) is 0. The Kier molecular flexibility index (Phi) is 27.5. The molecule has 0 heterocycles. The standard InChI is InChI=1S/2C6H15N.C2H2O4/c2*1-3-5-7-6-4-2;3-1(4)2(5)6/h2*7H,3-6H2,1-2H3;(H,3,4)(H,5,6). The SMILES string of the molecule is CCCNCCC.CCCNCCC.O=C(O)C(=O)O. The molecule has 0 rings (SSSR count). The fourth-order valence-corrected chi connectivity index (χ4v) is 0.957. The van der Waals surface area contributed by atoms with Gasteiger partial charge in [0.1, 0.15) is 0 Å². The fraction of sp³-hybridized carbons (Fsp3) is 0.857. The van der Waals surface area contributed by atoms with Crippen LogP contribution in [0.5, 0.6) is 0 Å². The van der Waals surface area contributed by atoms with E-state index in [1.54, 1.807) is 0 Å². The Balaban J connectivity index is -0.000000218. The van der Waals surface area contributed by atoms with E-state index in [1.807, 2.05) is 0 Å². The second-order valence-electron chi connectivity index (χ2n) is 4.11. The van der Waals surface area contributed by atoms with Crippen LogP contribution in [0.3, 0.4) is 0 Å². The average Bonchev–Trinajstić information content (AvgIpc) is 2.41. The van der Waals surface area contributed by atoms with E-state index < -0.39 is 11.9 Å². The number of aliphatic carboxylic acids is 2. The van der Waals surface area contributed by atoms with E-state index >= 15 is 0 Å². The van der Waals surface area contributed by atoms with Gasteiger partial charge in [0.05, 0.1) is 0 Å². The summed E-state index contributed by atoms with van der Waals surface area (Å²) in [4.78, 5) is 18.2. The maximum Gasteiger partial charge on any atom is 0.414 e. The topological polar surface area (TPSA) is 98.7 Å². The molecule has 0 aliphatic carbocycles. The highest BCUT2D eigenvalue weighted by Gasteiger charge is 2.04. The minimum absolute atomic E-state index is 1.17. The summed E-state index contributed by atoms with van der Waals surface area (Å²) in [6.45, 7) is 13.4. The first-order chi connectivity index (χ1) is 9.47. The largest absolute Gasteiger partial charge is 0.473 e. The lowest BCUT2D eigenvalue weighted by Gasteiger charge is -1.95. The monoisotopic (exact) mass is 292 g/mol. The molecular weight excluding hydrogens is 260 g/mol. The van der Waals surface area contributed by atoms with Crippen LogP contribution >= 0.6 is 0 Å². The van der Waals surface area contributed by atoms with Crippen LogP contribution in [0.15, 0.2) is 0 Å². The van der Waals surface area contributed by atoms with Crippen LogP contribution in [0.1, 0.15) is 53.4 Å². The maximum absolute atomic E-state index is 9.10. The first kappa shape index (κ1) is 23.9. The third kappa shape index (κ3) is 36.0. The van der Waals surface area contributed by atoms with E-state index in [0.29, 0.717) is 0 Å². The molecule has 0 bridgehead atoms. The third-order valence-corrected chi connectivity index (χ3v) is 1.89. The predicted molar refractivity (Wildman–Crippen MR) is 82.2 cm³/mol. The van der Waals surface area contributed by atoms with Crippen molar-refractivity contribution in [2.75, 3.05) is 26.2 Å². The predicted octanol–water partition coefficient (Wildman–Crippen LogP) is 1.95. The summed E-state index contributed by atoms with van der Waals surface area (Å²) in [5, 5.41) is 21.4. The molecule has 20 heavy (non-hydrogen) atoms. The van der Waals surface area contributed by atoms with Crippen LogP contribution in [-0.4, -0.2) is 48.3 Å². The van der Waals surface area contributed by atoms with Gasteiger partial charge >= 0.3 is 11.9 Å². The van der Waals surface area contributed by atoms with Crippen LogP contribution in [0.25, 0.3) is 0 Å². The van der Waals surface area contributed by atoms with Gasteiger partial charge in [-0.1, -0.05) is 27.7 Å². The molecule has 0 aromatic heterocycles. The molecule has 0 aromatic carbocycles. The van der Waals surface area contributed by atoms with Gasteiger partial charge in [-0.25, -0.2) is 9.59 Å². The molecule has 0 aliphatic rings. The average molecular weight is 292 g/mol. The van der Waals surface area contributed by atoms with Gasteiger partial charge in [-0.3, -0.25) is 0 Å². The molecular formula is C14H32N2O4. The molecule has 6 nitrogen and oxygen atoms in total. The van der Waals surface area contributed by atoms with Gasteiger partial charge in [-0.15, -0.1) is 0 Å². The summed E-state index contributed by atoms with van der Waals surface area (Å²) in [6, 6.07) is 0. The number of hydrogen-bond acceptors (Lipinski definition) is 4. The van der Waals surface area contributed by atoms with Crippen molar-refractivity contribution in [3.63, 3.8) is 0 Å². The van der Waals surface area contributed by atoms with Crippen LogP contribution in [0.4, 0.5) is 0 Å². The van der Waals surface area contributed by atoms with Crippen molar-refractivity contribution in [1.82, 2.24) is 10.6 Å². The summed E-state index contributed by atoms with van der Waals surface area (Å²) in [6.07, 6.45) is 5.00. The molecule has 122 valence electrons. The van der Waals surface area contributed by atoms with Crippen LogP contribution in [0.2, 0.25) is 0 Å². The van der Waals surface area contributed by atoms with Crippen molar-refractivity contribution in [2.24, 2.45) is 0 Å². The van der Waals surface area contributed by atoms with Gasteiger partial charge in [-0.2, -0.15) is 0 Å². The fourth-order valence-electron chi connectivity index (χ4n) is 0.957. The highest BCUT2D eigenvalue weighted by Crippen LogP contribution is 1.72. The van der Waals surface area contributed by atoms with Crippen LogP contribution in [0, 0.1) is 0 Å². The van der Waals surface area contributed by atoms with E-state index in [4.69, 9.17) is 19.8 Å². The molecule has 0 saturated heterocycles. The molecule has 0 unspecified atom stereocenters. The lowest BCUT2D eigenvalue weighted by atomic mass is 10.4. The van der Waals surface area contributed by atoms with Gasteiger partial charge in [-0.05, 0) is 51.9 Å². The molecule has 6 heteroatoms. The molecule has 0 atom stereocenters. The summed E-state index contributed by atoms with van der Waals surface area (Å²) < 4.78 is 0. The Morgan fingerprint density at radius 2 is 0.850 bits per heavy atom. The quantitative estimate of drug-likeness (QED) is 0.403. The van der Waals surface area contributed by atoms with E-state index in [9.17, 15) is 0 Å². The van der Waals surface area contributed by atoms with E-state index in [1.165, 1.54) is 51.9 Å². The van der Waals surface area contributed by atoms with E-state index in [2.05, 4.69) is 38.3 Å². The Bertz CT molecular complexity index is 181. The highest BCUT2D eigenvalue weighted by molar-refractivity contribution is 6.27. The molecule has 0 spiro atoms. The Morgan fingerprint density at radius 1 is 0.650 bits per heavy atom. The smallest absolute Gasteiger partial charge is 0.414 e. The second-order valence-corrected chi connectivity index (χ2v) is 4.11. The molecule has 0 aliphatic heterocycles. The van der Waals surface area contributed by atoms with Crippen molar-refractivity contribution in [3.05, 3.63) is 0 Å². The van der Waals surface area contributed by atoms with Gasteiger partial charge in [0.15, 0.2) is 0 Å². The zero-order valence-electron chi connectivity index (χ0n) is 13.4. The minimum atomic E-state index is -1.82. The second kappa shape index (κ2) is 23.0. The Hall–Kier alpha value is -1.14. The number of nitrogens with one attached hydrogen (secondary N) is 2. The summed E-state index contributed by atoms with van der Waals surface area (Å²) >= 11 is 0. The minimum Gasteiger partial charge on any atom is -0.473 e. The van der Waals surface area contributed by atoms with Crippen molar-refractivity contribution in [1.29, 1.82) is 0 Å². The molecule has 0 aromatic rings. The lowest BCUT2D eigenvalue weighted by Crippen LogP contribution is -2.14. The number of carboxylic acid groups (broad SMARTS) is 2. The molecule has 0 fully saturated rings. The number of hydrogen-bond donors (Lipinski definition) is 4. The van der Waals surface area contributed by atoms with Crippen molar-refractivity contribution < 1.29 is 19.8 Å². The van der Waals surface area contributed by atoms with Crippen LogP contribution < -0.4 is 10.6 Å². The summed E-state index contributed by atoms with van der Waals surface area (Å²) in [5.41, 5.74) is 0. The summed E-state index contributed by atoms with van der Waals surface area (Å²) in [5.74, 6) is -3.65. The van der Waals surface area contributed by atoms with Gasteiger partial charge in [0, 0.05) is 0 Å². The van der Waals surface area contributed by atoms with Gasteiger partial charge in [0.2, 0.25) is 0 Å². The molecule has 0 radical (unpaired) electrons. The Morgan fingerprint density at radius 3 is 0.950 bits per heavy atom. The zero-order valence-corrected chi connectivity index (χ0v) is 13.4. The van der Waals surface area contributed by atoms with Crippen molar-refractivity contribution in [2.45, 2.75) is 53.4 Å².